The fourth-order valence-electron chi connectivity index (χ4n) is 4.32. The number of nitrogens with two attached hydrogens (primary N) is 2. The van der Waals surface area contributed by atoms with Gasteiger partial charge in [-0.25, -0.2) is 14.2 Å². The van der Waals surface area contributed by atoms with E-state index in [0.717, 1.165) is 11.8 Å². The Kier molecular flexibility index (Phi) is 8.79. The molecule has 1 aliphatic heterocycles. The van der Waals surface area contributed by atoms with E-state index in [-0.39, 0.29) is 62.7 Å². The number of anilines is 1. The highest BCUT2D eigenvalue weighted by molar-refractivity contribution is 7.99. The van der Waals surface area contributed by atoms with Crippen molar-refractivity contribution in [3.05, 3.63) is 98.8 Å². The number of esters is 1. The molecule has 0 saturated heterocycles. The van der Waals surface area contributed by atoms with Crippen LogP contribution in [0.5, 0.6) is 0 Å². The minimum atomic E-state index is -0.985. The van der Waals surface area contributed by atoms with Crippen LogP contribution < -0.4 is 11.5 Å². The summed E-state index contributed by atoms with van der Waals surface area (Å²) in [5, 5.41) is 30.2. The molecule has 0 amide bonds. The molecule has 12 heteroatoms. The molecule has 4 N–H and O–H groups in total. The maximum Gasteiger partial charge on any atom is 0.338 e. The number of allylic oxidation sites excluding steroid dienone is 1. The van der Waals surface area contributed by atoms with E-state index in [1.165, 1.54) is 24.3 Å². The number of pyridine rings is 1. The van der Waals surface area contributed by atoms with Crippen molar-refractivity contribution in [1.82, 2.24) is 4.98 Å². The molecule has 2 heterocycles. The van der Waals surface area contributed by atoms with E-state index in [0.29, 0.717) is 16.1 Å². The van der Waals surface area contributed by atoms with Crippen LogP contribution in [0.15, 0.2) is 76.3 Å². The Labute approximate surface area is 244 Å². The summed E-state index contributed by atoms with van der Waals surface area (Å²) in [5.41, 5.74) is 13.2. The van der Waals surface area contributed by atoms with Crippen LogP contribution in [-0.2, 0) is 14.3 Å². The van der Waals surface area contributed by atoms with Crippen molar-refractivity contribution in [2.24, 2.45) is 5.73 Å². The standard InChI is InChI=1S/C29H20ClFN6O3S/c1-2-39-29(38)25-22(40-27(36)19(12-33)24(25)17-5-3-4-6-21(17)30)14-41-28-20(13-34)23(18(11-32)26(35)37-28)15-7-9-16(31)10-8-15/h3-10,24H,2,14,36H2,1H3,(H2,35,37)/t24-/m0/s1. The van der Waals surface area contributed by atoms with E-state index in [1.807, 2.05) is 12.1 Å². The summed E-state index contributed by atoms with van der Waals surface area (Å²) in [6, 6.07) is 18.0. The SMILES string of the molecule is CCOC(=O)C1=C(CSc2nc(N)c(C#N)c(-c3ccc(F)cc3)c2C#N)OC(N)=C(C#N)[C@@H]1c1ccccc1Cl. The first-order valence-electron chi connectivity index (χ1n) is 12.0. The molecule has 0 radical (unpaired) electrons. The summed E-state index contributed by atoms with van der Waals surface area (Å²) < 4.78 is 24.7. The van der Waals surface area contributed by atoms with Gasteiger partial charge in [-0.1, -0.05) is 53.7 Å². The lowest BCUT2D eigenvalue weighted by Gasteiger charge is -2.28. The fraction of sp³-hybridized carbons (Fsp3) is 0.138. The second kappa shape index (κ2) is 12.4. The van der Waals surface area contributed by atoms with Crippen LogP contribution in [0, 0.1) is 39.8 Å². The fourth-order valence-corrected chi connectivity index (χ4v) is 5.50. The highest BCUT2D eigenvalue weighted by Gasteiger charge is 2.38. The molecule has 204 valence electrons. The summed E-state index contributed by atoms with van der Waals surface area (Å²) >= 11 is 7.46. The van der Waals surface area contributed by atoms with Crippen molar-refractivity contribution in [2.75, 3.05) is 18.1 Å². The molecular weight excluding hydrogens is 567 g/mol. The number of rotatable bonds is 7. The second-order valence-corrected chi connectivity index (χ2v) is 9.82. The number of nitrogen functional groups attached to an aromatic ring is 1. The molecule has 0 spiro atoms. The quantitative estimate of drug-likeness (QED) is 0.274. The first kappa shape index (κ1) is 29.0. The Morgan fingerprint density at radius 2 is 1.78 bits per heavy atom. The van der Waals surface area contributed by atoms with Gasteiger partial charge >= 0.3 is 5.97 Å². The van der Waals surface area contributed by atoms with Gasteiger partial charge in [-0.05, 0) is 36.2 Å². The number of nitrogens with zero attached hydrogens (tertiary/aromatic N) is 4. The van der Waals surface area contributed by atoms with E-state index in [9.17, 15) is 25.0 Å². The predicted molar refractivity (Wildman–Crippen MR) is 150 cm³/mol. The third-order valence-corrected chi connectivity index (χ3v) is 7.42. The predicted octanol–water partition coefficient (Wildman–Crippen LogP) is 5.28. The lowest BCUT2D eigenvalue weighted by molar-refractivity contribution is -0.139. The minimum absolute atomic E-state index is 0.0112. The smallest absolute Gasteiger partial charge is 0.338 e. The zero-order valence-electron chi connectivity index (χ0n) is 21.4. The number of aromatic nitrogens is 1. The highest BCUT2D eigenvalue weighted by Crippen LogP contribution is 2.44. The Morgan fingerprint density at radius 3 is 2.39 bits per heavy atom. The van der Waals surface area contributed by atoms with Crippen LogP contribution in [0.3, 0.4) is 0 Å². The summed E-state index contributed by atoms with van der Waals surface area (Å²) in [6.45, 7) is 1.68. The molecule has 0 aliphatic carbocycles. The van der Waals surface area contributed by atoms with E-state index in [1.54, 1.807) is 31.2 Å². The summed E-state index contributed by atoms with van der Waals surface area (Å²) in [5.74, 6) is -2.62. The molecule has 1 aromatic heterocycles. The van der Waals surface area contributed by atoms with E-state index < -0.39 is 17.7 Å². The van der Waals surface area contributed by atoms with Crippen molar-refractivity contribution in [3.63, 3.8) is 0 Å². The molecule has 2 aromatic carbocycles. The molecule has 1 atom stereocenters. The monoisotopic (exact) mass is 586 g/mol. The van der Waals surface area contributed by atoms with Crippen LogP contribution in [-0.4, -0.2) is 23.3 Å². The van der Waals surface area contributed by atoms with Gasteiger partial charge in [0.15, 0.2) is 0 Å². The van der Waals surface area contributed by atoms with Gasteiger partial charge in [-0.3, -0.25) is 0 Å². The van der Waals surface area contributed by atoms with E-state index in [4.69, 9.17) is 32.5 Å². The molecule has 0 unspecified atom stereocenters. The largest absolute Gasteiger partial charge is 0.463 e. The van der Waals surface area contributed by atoms with Gasteiger partial charge in [0, 0.05) is 10.6 Å². The Balaban J connectivity index is 1.86. The number of carbonyl (C=O) groups excluding carboxylic acids is 1. The van der Waals surface area contributed by atoms with Gasteiger partial charge < -0.3 is 20.9 Å². The highest BCUT2D eigenvalue weighted by atomic mass is 35.5. The number of benzene rings is 2. The average molecular weight is 587 g/mol. The van der Waals surface area contributed by atoms with Gasteiger partial charge in [0.2, 0.25) is 5.88 Å². The maximum absolute atomic E-state index is 13.6. The lowest BCUT2D eigenvalue weighted by atomic mass is 9.83. The van der Waals surface area contributed by atoms with Crippen LogP contribution >= 0.6 is 23.4 Å². The third-order valence-electron chi connectivity index (χ3n) is 6.10. The zero-order chi connectivity index (χ0) is 29.7. The van der Waals surface area contributed by atoms with Crippen molar-refractivity contribution in [1.29, 1.82) is 15.8 Å². The number of hydrogen-bond acceptors (Lipinski definition) is 10. The molecule has 4 rings (SSSR count). The third kappa shape index (κ3) is 5.66. The minimum Gasteiger partial charge on any atom is -0.463 e. The van der Waals surface area contributed by atoms with Gasteiger partial charge in [0.25, 0.3) is 0 Å². The Bertz CT molecular complexity index is 1740. The van der Waals surface area contributed by atoms with Crippen molar-refractivity contribution in [2.45, 2.75) is 17.9 Å². The molecule has 41 heavy (non-hydrogen) atoms. The van der Waals surface area contributed by atoms with Crippen LogP contribution in [0.1, 0.15) is 29.5 Å². The van der Waals surface area contributed by atoms with Gasteiger partial charge in [-0.15, -0.1) is 0 Å². The van der Waals surface area contributed by atoms with Crippen molar-refractivity contribution >= 4 is 35.1 Å². The maximum atomic E-state index is 13.6. The van der Waals surface area contributed by atoms with Gasteiger partial charge in [0.1, 0.15) is 51.8 Å². The first-order chi connectivity index (χ1) is 19.7. The van der Waals surface area contributed by atoms with Crippen LogP contribution in [0.4, 0.5) is 10.2 Å². The van der Waals surface area contributed by atoms with Crippen molar-refractivity contribution < 1.29 is 18.7 Å². The number of carbonyl (C=O) groups is 1. The number of ether oxygens (including phenoxy) is 2. The molecule has 1 aliphatic rings. The summed E-state index contributed by atoms with van der Waals surface area (Å²) in [7, 11) is 0. The van der Waals surface area contributed by atoms with Crippen molar-refractivity contribution in [3.8, 4) is 29.3 Å². The van der Waals surface area contributed by atoms with E-state index in [2.05, 4.69) is 11.1 Å². The number of thioether (sulfide) groups is 1. The van der Waals surface area contributed by atoms with Gasteiger partial charge in [0.05, 0.1) is 29.4 Å². The average Bonchev–Trinajstić information content (AvgIpc) is 2.96. The van der Waals surface area contributed by atoms with Gasteiger partial charge in [-0.2, -0.15) is 15.8 Å². The zero-order valence-corrected chi connectivity index (χ0v) is 23.0. The first-order valence-corrected chi connectivity index (χ1v) is 13.4. The van der Waals surface area contributed by atoms with Crippen LogP contribution in [0.2, 0.25) is 5.02 Å². The molecule has 3 aromatic rings. The number of halogens is 2. The second-order valence-electron chi connectivity index (χ2n) is 8.45. The Morgan fingerprint density at radius 1 is 1.10 bits per heavy atom. The number of hydrogen-bond donors (Lipinski definition) is 2. The molecule has 0 saturated carbocycles. The van der Waals surface area contributed by atoms with E-state index >= 15 is 0 Å². The van der Waals surface area contributed by atoms with Crippen LogP contribution in [0.25, 0.3) is 11.1 Å². The topological polar surface area (TPSA) is 172 Å². The number of nitriles is 3. The normalized spacial score (nSPS) is 14.5. The molecule has 0 fully saturated rings. The molecule has 0 bridgehead atoms. The molecular formula is C29H20ClFN6O3S. The summed E-state index contributed by atoms with van der Waals surface area (Å²) in [4.78, 5) is 17.5. The Hall–Kier alpha value is -5.02. The lowest BCUT2D eigenvalue weighted by Crippen LogP contribution is -2.27. The molecule has 9 nitrogen and oxygen atoms in total. The summed E-state index contributed by atoms with van der Waals surface area (Å²) in [6.07, 6.45) is 0.